The summed E-state index contributed by atoms with van der Waals surface area (Å²) in [6.45, 7) is 2.99. The van der Waals surface area contributed by atoms with E-state index < -0.39 is 0 Å². The van der Waals surface area contributed by atoms with Crippen LogP contribution in [0.15, 0.2) is 36.5 Å². The number of carbonyl (C=O) groups excluding carboxylic acids is 1. The standard InChI is InChI=1S/C15H15N3O/c1-2-18(10-4-8-16)15(19)13-6-7-14-12(11-13)5-3-9-17-14/h3,5-7,9,11H,2,4,10H2,1H3. The van der Waals surface area contributed by atoms with E-state index in [1.807, 2.05) is 31.2 Å². The molecule has 0 atom stereocenters. The Morgan fingerprint density at radius 1 is 1.42 bits per heavy atom. The van der Waals surface area contributed by atoms with E-state index in [4.69, 9.17) is 5.26 Å². The van der Waals surface area contributed by atoms with Gasteiger partial charge in [-0.25, -0.2) is 0 Å². The molecule has 4 heteroatoms. The summed E-state index contributed by atoms with van der Waals surface area (Å²) in [5, 5.41) is 9.56. The van der Waals surface area contributed by atoms with Crippen molar-refractivity contribution in [2.45, 2.75) is 13.3 Å². The highest BCUT2D eigenvalue weighted by Gasteiger charge is 2.14. The van der Waals surface area contributed by atoms with E-state index >= 15 is 0 Å². The molecule has 0 aliphatic heterocycles. The third-order valence-corrected chi connectivity index (χ3v) is 3.01. The monoisotopic (exact) mass is 253 g/mol. The number of hydrogen-bond acceptors (Lipinski definition) is 3. The molecule has 0 fully saturated rings. The summed E-state index contributed by atoms with van der Waals surface area (Å²) in [5.41, 5.74) is 1.51. The predicted octanol–water partition coefficient (Wildman–Crippen LogP) is 2.61. The van der Waals surface area contributed by atoms with Crippen LogP contribution < -0.4 is 0 Å². The van der Waals surface area contributed by atoms with Crippen molar-refractivity contribution in [3.05, 3.63) is 42.1 Å². The molecule has 0 saturated carbocycles. The number of aromatic nitrogens is 1. The molecule has 0 N–H and O–H groups in total. The first-order valence-corrected chi connectivity index (χ1v) is 6.27. The molecule has 96 valence electrons. The number of nitrogens with zero attached hydrogens (tertiary/aromatic N) is 3. The quantitative estimate of drug-likeness (QED) is 0.841. The maximum absolute atomic E-state index is 12.3. The lowest BCUT2D eigenvalue weighted by atomic mass is 10.1. The Balaban J connectivity index is 2.27. The van der Waals surface area contributed by atoms with Gasteiger partial charge in [0.15, 0.2) is 0 Å². The number of rotatable bonds is 4. The van der Waals surface area contributed by atoms with Crippen LogP contribution in [0.4, 0.5) is 0 Å². The second kappa shape index (κ2) is 5.96. The van der Waals surface area contributed by atoms with Crippen LogP contribution >= 0.6 is 0 Å². The molecule has 0 saturated heterocycles. The Morgan fingerprint density at radius 2 is 2.26 bits per heavy atom. The molecule has 1 aromatic carbocycles. The summed E-state index contributed by atoms with van der Waals surface area (Å²) in [7, 11) is 0. The fourth-order valence-corrected chi connectivity index (χ4v) is 1.98. The molecule has 0 unspecified atom stereocenters. The fourth-order valence-electron chi connectivity index (χ4n) is 1.98. The van der Waals surface area contributed by atoms with Gasteiger partial charge in [-0.2, -0.15) is 5.26 Å². The van der Waals surface area contributed by atoms with Crippen LogP contribution in [0.1, 0.15) is 23.7 Å². The fraction of sp³-hybridized carbons (Fsp3) is 0.267. The smallest absolute Gasteiger partial charge is 0.253 e. The van der Waals surface area contributed by atoms with E-state index in [0.717, 1.165) is 10.9 Å². The number of fused-ring (bicyclic) bond motifs is 1. The second-order valence-electron chi connectivity index (χ2n) is 4.20. The molecular weight excluding hydrogens is 238 g/mol. The summed E-state index contributed by atoms with van der Waals surface area (Å²) < 4.78 is 0. The van der Waals surface area contributed by atoms with Crippen LogP contribution in [0.5, 0.6) is 0 Å². The van der Waals surface area contributed by atoms with Gasteiger partial charge in [0, 0.05) is 30.2 Å². The highest BCUT2D eigenvalue weighted by molar-refractivity contribution is 5.97. The van der Waals surface area contributed by atoms with E-state index in [1.165, 1.54) is 0 Å². The second-order valence-corrected chi connectivity index (χ2v) is 4.20. The van der Waals surface area contributed by atoms with Crippen molar-refractivity contribution in [2.24, 2.45) is 0 Å². The lowest BCUT2D eigenvalue weighted by Gasteiger charge is -2.19. The maximum atomic E-state index is 12.3. The highest BCUT2D eigenvalue weighted by Crippen LogP contribution is 2.15. The van der Waals surface area contributed by atoms with Crippen molar-refractivity contribution in [1.82, 2.24) is 9.88 Å². The minimum Gasteiger partial charge on any atom is -0.338 e. The molecule has 19 heavy (non-hydrogen) atoms. The molecule has 4 nitrogen and oxygen atoms in total. The summed E-state index contributed by atoms with van der Waals surface area (Å²) in [4.78, 5) is 18.2. The van der Waals surface area contributed by atoms with Gasteiger partial charge in [-0.1, -0.05) is 6.07 Å². The molecule has 1 amide bonds. The molecule has 2 rings (SSSR count). The van der Waals surface area contributed by atoms with Gasteiger partial charge in [0.05, 0.1) is 18.0 Å². The van der Waals surface area contributed by atoms with E-state index in [1.54, 1.807) is 17.2 Å². The van der Waals surface area contributed by atoms with Gasteiger partial charge in [0.2, 0.25) is 0 Å². The topological polar surface area (TPSA) is 57.0 Å². The maximum Gasteiger partial charge on any atom is 0.253 e. The minimum atomic E-state index is -0.0384. The van der Waals surface area contributed by atoms with Gasteiger partial charge < -0.3 is 4.90 Å². The van der Waals surface area contributed by atoms with E-state index in [2.05, 4.69) is 11.1 Å². The zero-order valence-electron chi connectivity index (χ0n) is 10.8. The normalized spacial score (nSPS) is 10.1. The first kappa shape index (κ1) is 13.0. The number of pyridine rings is 1. The minimum absolute atomic E-state index is 0.0384. The van der Waals surface area contributed by atoms with Crippen molar-refractivity contribution < 1.29 is 4.79 Å². The van der Waals surface area contributed by atoms with Crippen LogP contribution in [0, 0.1) is 11.3 Å². The molecule has 1 aromatic heterocycles. The summed E-state index contributed by atoms with van der Waals surface area (Å²) in [5.74, 6) is -0.0384. The molecule has 0 spiro atoms. The number of amides is 1. The van der Waals surface area contributed by atoms with Gasteiger partial charge in [0.25, 0.3) is 5.91 Å². The Labute approximate surface area is 112 Å². The van der Waals surface area contributed by atoms with Gasteiger partial charge in [0.1, 0.15) is 0 Å². The van der Waals surface area contributed by atoms with E-state index in [0.29, 0.717) is 25.1 Å². The van der Waals surface area contributed by atoms with Crippen LogP contribution in [-0.4, -0.2) is 28.9 Å². The molecule has 0 aliphatic carbocycles. The highest BCUT2D eigenvalue weighted by atomic mass is 16.2. The third kappa shape index (κ3) is 2.89. The van der Waals surface area contributed by atoms with E-state index in [-0.39, 0.29) is 5.91 Å². The van der Waals surface area contributed by atoms with Gasteiger partial charge >= 0.3 is 0 Å². The largest absolute Gasteiger partial charge is 0.338 e. The predicted molar refractivity (Wildman–Crippen MR) is 73.6 cm³/mol. The summed E-state index contributed by atoms with van der Waals surface area (Å²) in [6.07, 6.45) is 2.09. The lowest BCUT2D eigenvalue weighted by Crippen LogP contribution is -2.31. The van der Waals surface area contributed by atoms with Crippen LogP contribution in [0.3, 0.4) is 0 Å². The molecule has 0 bridgehead atoms. The van der Waals surface area contributed by atoms with Crippen molar-refractivity contribution >= 4 is 16.8 Å². The molecular formula is C15H15N3O. The lowest BCUT2D eigenvalue weighted by molar-refractivity contribution is 0.0768. The zero-order chi connectivity index (χ0) is 13.7. The molecule has 1 heterocycles. The number of carbonyl (C=O) groups is 1. The van der Waals surface area contributed by atoms with Gasteiger partial charge in [-0.3, -0.25) is 9.78 Å². The summed E-state index contributed by atoms with van der Waals surface area (Å²) in [6, 6.07) is 11.3. The van der Waals surface area contributed by atoms with E-state index in [9.17, 15) is 4.79 Å². The Bertz CT molecular complexity index is 631. The number of nitriles is 1. The number of hydrogen-bond donors (Lipinski definition) is 0. The van der Waals surface area contributed by atoms with Gasteiger partial charge in [-0.05, 0) is 31.2 Å². The SMILES string of the molecule is CCN(CCC#N)C(=O)c1ccc2ncccc2c1. The summed E-state index contributed by atoms with van der Waals surface area (Å²) >= 11 is 0. The van der Waals surface area contributed by atoms with Crippen molar-refractivity contribution in [1.29, 1.82) is 5.26 Å². The first-order chi connectivity index (χ1) is 9.26. The average Bonchev–Trinajstić information content (AvgIpc) is 2.47. The Kier molecular flexibility index (Phi) is 4.09. The van der Waals surface area contributed by atoms with Crippen molar-refractivity contribution in [3.8, 4) is 6.07 Å². The van der Waals surface area contributed by atoms with Crippen molar-refractivity contribution in [2.75, 3.05) is 13.1 Å². The Hall–Kier alpha value is -2.41. The third-order valence-electron chi connectivity index (χ3n) is 3.01. The van der Waals surface area contributed by atoms with Gasteiger partial charge in [-0.15, -0.1) is 0 Å². The van der Waals surface area contributed by atoms with Crippen LogP contribution in [-0.2, 0) is 0 Å². The molecule has 0 aliphatic rings. The molecule has 2 aromatic rings. The average molecular weight is 253 g/mol. The zero-order valence-corrected chi connectivity index (χ0v) is 10.8. The first-order valence-electron chi connectivity index (χ1n) is 6.27. The molecule has 0 radical (unpaired) electrons. The van der Waals surface area contributed by atoms with Crippen molar-refractivity contribution in [3.63, 3.8) is 0 Å². The van der Waals surface area contributed by atoms with Crippen LogP contribution in [0.25, 0.3) is 10.9 Å². The Morgan fingerprint density at radius 3 is 3.00 bits per heavy atom. The number of benzene rings is 1. The van der Waals surface area contributed by atoms with Crippen LogP contribution in [0.2, 0.25) is 0 Å².